The number of esters is 1. The third kappa shape index (κ3) is 3.20. The lowest BCUT2D eigenvalue weighted by molar-refractivity contribution is -0.104. The number of benzene rings is 1. The zero-order valence-corrected chi connectivity index (χ0v) is 14.0. The molecule has 0 saturated carbocycles. The van der Waals surface area contributed by atoms with Gasteiger partial charge in [-0.2, -0.15) is 0 Å². The zero-order chi connectivity index (χ0) is 18.2. The molecule has 0 fully saturated rings. The number of carbonyl (C=O) groups excluding carboxylic acids is 1. The molecule has 0 saturated heterocycles. The van der Waals surface area contributed by atoms with E-state index in [0.29, 0.717) is 16.9 Å². The van der Waals surface area contributed by atoms with Gasteiger partial charge in [0.25, 0.3) is 0 Å². The van der Waals surface area contributed by atoms with Crippen LogP contribution in [0.5, 0.6) is 17.5 Å². The Bertz CT molecular complexity index is 790. The van der Waals surface area contributed by atoms with Crippen LogP contribution >= 0.6 is 0 Å². The molecule has 1 aliphatic heterocycles. The second kappa shape index (κ2) is 6.21. The summed E-state index contributed by atoms with van der Waals surface area (Å²) in [7, 11) is 1.29. The maximum atomic E-state index is 11.8. The van der Waals surface area contributed by atoms with E-state index in [1.165, 1.54) is 19.2 Å². The Morgan fingerprint density at radius 2 is 2.00 bits per heavy atom. The Hall–Kier alpha value is -2.87. The van der Waals surface area contributed by atoms with Gasteiger partial charge in [0.1, 0.15) is 17.5 Å². The van der Waals surface area contributed by atoms with Crippen LogP contribution in [0.4, 0.5) is 0 Å². The third-order valence-corrected chi connectivity index (χ3v) is 3.98. The smallest absolute Gasteiger partial charge is 0.337 e. The predicted octanol–water partition coefficient (Wildman–Crippen LogP) is 1.62. The van der Waals surface area contributed by atoms with Gasteiger partial charge >= 0.3 is 5.97 Å². The Morgan fingerprint density at radius 1 is 1.24 bits per heavy atom. The molecule has 132 valence electrons. The van der Waals surface area contributed by atoms with Crippen LogP contribution in [0.2, 0.25) is 0 Å². The monoisotopic (exact) mass is 346 g/mol. The van der Waals surface area contributed by atoms with Crippen LogP contribution in [-0.2, 0) is 4.74 Å². The van der Waals surface area contributed by atoms with E-state index < -0.39 is 23.8 Å². The van der Waals surface area contributed by atoms with Crippen molar-refractivity contribution < 1.29 is 29.2 Å². The third-order valence-electron chi connectivity index (χ3n) is 3.98. The molecule has 0 bridgehead atoms. The molecule has 0 aliphatic carbocycles. The van der Waals surface area contributed by atoms with Gasteiger partial charge in [0.05, 0.1) is 12.7 Å². The molecule has 8 heteroatoms. The van der Waals surface area contributed by atoms with Crippen molar-refractivity contribution in [3.63, 3.8) is 0 Å². The summed E-state index contributed by atoms with van der Waals surface area (Å²) in [4.78, 5) is 11.8. The molecular weight excluding hydrogens is 328 g/mol. The average molecular weight is 346 g/mol. The summed E-state index contributed by atoms with van der Waals surface area (Å²) in [6.45, 7) is 3.46. The minimum atomic E-state index is -1.04. The van der Waals surface area contributed by atoms with Crippen molar-refractivity contribution in [3.8, 4) is 17.5 Å². The van der Waals surface area contributed by atoms with Gasteiger partial charge in [0, 0.05) is 17.7 Å². The van der Waals surface area contributed by atoms with Crippen molar-refractivity contribution >= 4 is 5.97 Å². The van der Waals surface area contributed by atoms with Crippen LogP contribution in [0, 0.1) is 0 Å². The number of aromatic nitrogens is 2. The maximum absolute atomic E-state index is 11.8. The first-order chi connectivity index (χ1) is 11.8. The van der Waals surface area contributed by atoms with Crippen molar-refractivity contribution in [1.29, 1.82) is 0 Å². The van der Waals surface area contributed by atoms with Gasteiger partial charge < -0.3 is 24.4 Å². The highest BCUT2D eigenvalue weighted by Crippen LogP contribution is 2.42. The largest absolute Gasteiger partial charge is 0.492 e. The van der Waals surface area contributed by atoms with Crippen LogP contribution in [0.25, 0.3) is 0 Å². The van der Waals surface area contributed by atoms with Crippen molar-refractivity contribution in [2.45, 2.75) is 31.7 Å². The number of rotatable bonds is 3. The SMILES string of the molecule is COC(=O)c1ccc2c(c1)C(Oc1ccc(O)nn1)C(O)C(C)(C)O2. The van der Waals surface area contributed by atoms with Crippen molar-refractivity contribution in [2.75, 3.05) is 7.11 Å². The number of aliphatic hydroxyl groups is 1. The second-order valence-corrected chi connectivity index (χ2v) is 6.16. The highest BCUT2D eigenvalue weighted by Gasteiger charge is 2.45. The Kier molecular flexibility index (Phi) is 4.22. The standard InChI is InChI=1S/C17H18N2O6/c1-17(2)15(21)14(24-13-7-6-12(20)18-19-13)10-8-9(16(22)23-3)4-5-11(10)25-17/h4-8,14-15,21H,1-3H3,(H,18,20). The molecule has 2 atom stereocenters. The lowest BCUT2D eigenvalue weighted by Crippen LogP contribution is -2.50. The van der Waals surface area contributed by atoms with Crippen LogP contribution < -0.4 is 9.47 Å². The molecule has 0 amide bonds. The van der Waals surface area contributed by atoms with Gasteiger partial charge in [-0.05, 0) is 32.0 Å². The molecule has 0 radical (unpaired) electrons. The van der Waals surface area contributed by atoms with Gasteiger partial charge in [-0.1, -0.05) is 0 Å². The van der Waals surface area contributed by atoms with E-state index in [-0.39, 0.29) is 11.8 Å². The number of nitrogens with zero attached hydrogens (tertiary/aromatic N) is 2. The number of carbonyl (C=O) groups is 1. The lowest BCUT2D eigenvalue weighted by atomic mass is 9.87. The number of hydrogen-bond acceptors (Lipinski definition) is 8. The molecule has 0 spiro atoms. The van der Waals surface area contributed by atoms with E-state index in [1.807, 2.05) is 0 Å². The maximum Gasteiger partial charge on any atom is 0.337 e. The van der Waals surface area contributed by atoms with Crippen LogP contribution in [0.15, 0.2) is 30.3 Å². The van der Waals surface area contributed by atoms with Gasteiger partial charge in [-0.3, -0.25) is 0 Å². The Morgan fingerprint density at radius 3 is 2.64 bits per heavy atom. The normalized spacial score (nSPS) is 21.0. The van der Waals surface area contributed by atoms with E-state index in [0.717, 1.165) is 0 Å². The molecule has 1 aliphatic rings. The number of methoxy groups -OCH3 is 1. The number of hydrogen-bond donors (Lipinski definition) is 2. The summed E-state index contributed by atoms with van der Waals surface area (Å²) >= 11 is 0. The first kappa shape index (κ1) is 17.0. The van der Waals surface area contributed by atoms with Crippen LogP contribution in [0.1, 0.15) is 35.9 Å². The molecule has 25 heavy (non-hydrogen) atoms. The molecule has 3 rings (SSSR count). The predicted molar refractivity (Wildman–Crippen MR) is 85.6 cm³/mol. The Balaban J connectivity index is 2.03. The average Bonchev–Trinajstić information content (AvgIpc) is 2.59. The molecule has 2 aromatic rings. The second-order valence-electron chi connectivity index (χ2n) is 6.16. The summed E-state index contributed by atoms with van der Waals surface area (Å²) in [5.41, 5.74) is -0.124. The van der Waals surface area contributed by atoms with Crippen molar-refractivity contribution in [3.05, 3.63) is 41.5 Å². The van der Waals surface area contributed by atoms with Gasteiger partial charge in [-0.15, -0.1) is 10.2 Å². The molecule has 2 heterocycles. The summed E-state index contributed by atoms with van der Waals surface area (Å²) in [6.07, 6.45) is -1.88. The van der Waals surface area contributed by atoms with E-state index >= 15 is 0 Å². The molecule has 1 aromatic heterocycles. The highest BCUT2D eigenvalue weighted by atomic mass is 16.5. The van der Waals surface area contributed by atoms with Gasteiger partial charge in [0.15, 0.2) is 6.10 Å². The van der Waals surface area contributed by atoms with E-state index in [4.69, 9.17) is 14.2 Å². The molecule has 8 nitrogen and oxygen atoms in total. The van der Waals surface area contributed by atoms with Crippen molar-refractivity contribution in [2.24, 2.45) is 0 Å². The minimum absolute atomic E-state index is 0.119. The molecule has 2 N–H and O–H groups in total. The van der Waals surface area contributed by atoms with E-state index in [1.54, 1.807) is 32.0 Å². The van der Waals surface area contributed by atoms with Gasteiger partial charge in [0.2, 0.25) is 11.8 Å². The van der Waals surface area contributed by atoms with E-state index in [9.17, 15) is 15.0 Å². The number of fused-ring (bicyclic) bond motifs is 1. The van der Waals surface area contributed by atoms with Crippen LogP contribution in [-0.4, -0.2) is 45.2 Å². The van der Waals surface area contributed by atoms with Gasteiger partial charge in [-0.25, -0.2) is 4.79 Å². The molecular formula is C17H18N2O6. The number of ether oxygens (including phenoxy) is 3. The fourth-order valence-corrected chi connectivity index (χ4v) is 2.62. The number of aliphatic hydroxyl groups excluding tert-OH is 1. The highest BCUT2D eigenvalue weighted by molar-refractivity contribution is 5.89. The number of aromatic hydroxyl groups is 1. The van der Waals surface area contributed by atoms with Crippen LogP contribution in [0.3, 0.4) is 0 Å². The first-order valence-electron chi connectivity index (χ1n) is 7.60. The zero-order valence-electron chi connectivity index (χ0n) is 14.0. The first-order valence-corrected chi connectivity index (χ1v) is 7.60. The summed E-state index contributed by atoms with van der Waals surface area (Å²) < 4.78 is 16.3. The summed E-state index contributed by atoms with van der Waals surface area (Å²) in [5.74, 6) is -0.146. The van der Waals surface area contributed by atoms with E-state index in [2.05, 4.69) is 10.2 Å². The fraction of sp³-hybridized carbons (Fsp3) is 0.353. The fourth-order valence-electron chi connectivity index (χ4n) is 2.62. The topological polar surface area (TPSA) is 111 Å². The summed E-state index contributed by atoms with van der Waals surface area (Å²) in [6, 6.07) is 7.52. The Labute approximate surface area is 144 Å². The minimum Gasteiger partial charge on any atom is -0.492 e. The quantitative estimate of drug-likeness (QED) is 0.807. The molecule has 2 unspecified atom stereocenters. The lowest BCUT2D eigenvalue weighted by Gasteiger charge is -2.41. The van der Waals surface area contributed by atoms with Crippen molar-refractivity contribution in [1.82, 2.24) is 10.2 Å². The molecule has 1 aromatic carbocycles. The summed E-state index contributed by atoms with van der Waals surface area (Å²) in [5, 5.41) is 27.2.